The highest BCUT2D eigenvalue weighted by Crippen LogP contribution is 2.21. The Morgan fingerprint density at radius 1 is 1.12 bits per heavy atom. The summed E-state index contributed by atoms with van der Waals surface area (Å²) in [4.78, 5) is 17.9. The number of amides is 1. The van der Waals surface area contributed by atoms with E-state index in [1.807, 2.05) is 45.0 Å². The molecule has 0 aliphatic heterocycles. The number of benzene rings is 2. The molecule has 2 aromatic carbocycles. The molecule has 0 aromatic heterocycles. The van der Waals surface area contributed by atoms with Gasteiger partial charge in [0.15, 0.2) is 12.6 Å². The van der Waals surface area contributed by atoms with Crippen molar-refractivity contribution in [1.82, 2.24) is 15.5 Å². The number of carbonyl (C=O) groups is 1. The van der Waals surface area contributed by atoms with E-state index in [2.05, 4.69) is 35.8 Å². The van der Waals surface area contributed by atoms with Gasteiger partial charge in [0.1, 0.15) is 11.5 Å². The third-order valence-corrected chi connectivity index (χ3v) is 4.56. The van der Waals surface area contributed by atoms with Crippen LogP contribution in [0.3, 0.4) is 0 Å². The highest BCUT2D eigenvalue weighted by molar-refractivity contribution is 5.79. The number of hydrogen-bond donors (Lipinski definition) is 2. The van der Waals surface area contributed by atoms with Crippen molar-refractivity contribution in [2.24, 2.45) is 4.99 Å². The van der Waals surface area contributed by atoms with Crippen LogP contribution in [0.15, 0.2) is 47.5 Å². The van der Waals surface area contributed by atoms with Crippen molar-refractivity contribution in [1.29, 1.82) is 0 Å². The molecule has 0 aliphatic rings. The summed E-state index contributed by atoms with van der Waals surface area (Å²) in [6.07, 6.45) is 0.111. The maximum absolute atomic E-state index is 11.7. The lowest BCUT2D eigenvalue weighted by molar-refractivity contribution is -0.130. The van der Waals surface area contributed by atoms with Crippen LogP contribution in [0.2, 0.25) is 0 Å². The van der Waals surface area contributed by atoms with E-state index >= 15 is 0 Å². The molecule has 0 aliphatic carbocycles. The van der Waals surface area contributed by atoms with Crippen molar-refractivity contribution in [2.45, 2.75) is 46.9 Å². The number of carbonyl (C=O) groups excluding carboxylic acids is 1. The van der Waals surface area contributed by atoms with Gasteiger partial charge in [-0.15, -0.1) is 0 Å². The summed E-state index contributed by atoms with van der Waals surface area (Å²) in [6, 6.07) is 13.9. The van der Waals surface area contributed by atoms with Crippen LogP contribution in [-0.4, -0.2) is 50.1 Å². The van der Waals surface area contributed by atoms with E-state index < -0.39 is 0 Å². The van der Waals surface area contributed by atoms with Crippen LogP contribution < -0.4 is 20.1 Å². The van der Waals surface area contributed by atoms with E-state index in [9.17, 15) is 4.79 Å². The maximum Gasteiger partial charge on any atom is 0.259 e. The predicted molar refractivity (Wildman–Crippen MR) is 129 cm³/mol. The summed E-state index contributed by atoms with van der Waals surface area (Å²) >= 11 is 0. The van der Waals surface area contributed by atoms with E-state index in [1.165, 1.54) is 10.5 Å². The van der Waals surface area contributed by atoms with Crippen LogP contribution in [0.25, 0.3) is 0 Å². The summed E-state index contributed by atoms with van der Waals surface area (Å²) < 4.78 is 11.6. The molecule has 2 rings (SSSR count). The zero-order valence-corrected chi connectivity index (χ0v) is 20.1. The van der Waals surface area contributed by atoms with Crippen LogP contribution in [0.5, 0.6) is 11.5 Å². The minimum atomic E-state index is -0.0797. The molecule has 2 N–H and O–H groups in total. The fourth-order valence-corrected chi connectivity index (χ4v) is 2.87. The molecular weight excluding hydrogens is 404 g/mol. The van der Waals surface area contributed by atoms with Crippen molar-refractivity contribution < 1.29 is 14.3 Å². The van der Waals surface area contributed by atoms with E-state index in [0.717, 1.165) is 29.4 Å². The number of nitrogens with zero attached hydrogens (tertiary/aromatic N) is 2. The van der Waals surface area contributed by atoms with E-state index in [-0.39, 0.29) is 18.6 Å². The first-order valence-corrected chi connectivity index (χ1v) is 11.0. The van der Waals surface area contributed by atoms with Crippen molar-refractivity contribution in [3.8, 4) is 11.5 Å². The number of rotatable bonds is 10. The van der Waals surface area contributed by atoms with E-state index in [1.54, 1.807) is 14.1 Å². The van der Waals surface area contributed by atoms with Gasteiger partial charge in [0.25, 0.3) is 5.91 Å². The summed E-state index contributed by atoms with van der Waals surface area (Å²) in [6.45, 7) is 10.0. The van der Waals surface area contributed by atoms with Crippen molar-refractivity contribution in [3.63, 3.8) is 0 Å². The average Bonchev–Trinajstić information content (AvgIpc) is 2.74. The largest absolute Gasteiger partial charge is 0.491 e. The zero-order chi connectivity index (χ0) is 23.5. The second kappa shape index (κ2) is 12.6. The van der Waals surface area contributed by atoms with Crippen molar-refractivity contribution in [3.05, 3.63) is 59.2 Å². The number of likely N-dealkylation sites (N-methyl/N-ethyl adjacent to an activating group) is 1. The third-order valence-electron chi connectivity index (χ3n) is 4.56. The second-order valence-corrected chi connectivity index (χ2v) is 8.05. The van der Waals surface area contributed by atoms with E-state index in [0.29, 0.717) is 18.8 Å². The minimum absolute atomic E-state index is 0.0151. The molecular formula is C25H36N4O3. The zero-order valence-electron chi connectivity index (χ0n) is 20.1. The lowest BCUT2D eigenvalue weighted by Gasteiger charge is -2.17. The highest BCUT2D eigenvalue weighted by atomic mass is 16.5. The molecule has 0 saturated carbocycles. The van der Waals surface area contributed by atoms with Gasteiger partial charge in [-0.25, -0.2) is 4.99 Å². The molecule has 7 nitrogen and oxygen atoms in total. The fraction of sp³-hybridized carbons (Fsp3) is 0.440. The lowest BCUT2D eigenvalue weighted by atomic mass is 10.1. The molecule has 0 heterocycles. The smallest absolute Gasteiger partial charge is 0.259 e. The maximum atomic E-state index is 11.7. The van der Waals surface area contributed by atoms with Gasteiger partial charge >= 0.3 is 0 Å². The van der Waals surface area contributed by atoms with Crippen LogP contribution in [0, 0.1) is 6.92 Å². The molecule has 1 amide bonds. The molecule has 0 fully saturated rings. The van der Waals surface area contributed by atoms with Crippen LogP contribution >= 0.6 is 0 Å². The fourth-order valence-electron chi connectivity index (χ4n) is 2.87. The Hall–Kier alpha value is -3.22. The number of hydrogen-bond acceptors (Lipinski definition) is 4. The molecule has 32 heavy (non-hydrogen) atoms. The monoisotopic (exact) mass is 440 g/mol. The number of aryl methyl sites for hydroxylation is 1. The van der Waals surface area contributed by atoms with E-state index in [4.69, 9.17) is 14.5 Å². The first-order valence-electron chi connectivity index (χ1n) is 11.0. The van der Waals surface area contributed by atoms with Crippen LogP contribution in [0.1, 0.15) is 37.5 Å². The molecule has 0 unspecified atom stereocenters. The Labute approximate surface area is 191 Å². The first-order chi connectivity index (χ1) is 15.3. The Kier molecular flexibility index (Phi) is 9.85. The molecule has 0 spiro atoms. The minimum Gasteiger partial charge on any atom is -0.491 e. The van der Waals surface area contributed by atoms with Gasteiger partial charge in [0.2, 0.25) is 0 Å². The Morgan fingerprint density at radius 2 is 1.91 bits per heavy atom. The standard InChI is InChI=1S/C25H36N4O3/c1-7-26-25(28-16-21-12-11-19(4)13-23(21)32-18(2)3)27-15-20-9-8-10-22(14-20)31-17-24(30)29(5)6/h8-14,18H,7,15-17H2,1-6H3,(H2,26,27,28). The third kappa shape index (κ3) is 8.49. The summed E-state index contributed by atoms with van der Waals surface area (Å²) in [5.41, 5.74) is 3.24. The van der Waals surface area contributed by atoms with Gasteiger partial charge in [-0.2, -0.15) is 0 Å². The van der Waals surface area contributed by atoms with Gasteiger partial charge in [-0.1, -0.05) is 24.3 Å². The van der Waals surface area contributed by atoms with Gasteiger partial charge in [0.05, 0.1) is 12.6 Å². The van der Waals surface area contributed by atoms with Crippen molar-refractivity contribution >= 4 is 11.9 Å². The lowest BCUT2D eigenvalue weighted by Crippen LogP contribution is -2.36. The van der Waals surface area contributed by atoms with Gasteiger partial charge in [-0.3, -0.25) is 4.79 Å². The predicted octanol–water partition coefficient (Wildman–Crippen LogP) is 3.50. The SMILES string of the molecule is CCNC(=NCc1cccc(OCC(=O)N(C)C)c1)NCc1ccc(C)cc1OC(C)C. The summed E-state index contributed by atoms with van der Waals surface area (Å²) in [5, 5.41) is 6.66. The number of aliphatic imine (C=N–C) groups is 1. The number of ether oxygens (including phenoxy) is 2. The molecule has 0 atom stereocenters. The quantitative estimate of drug-likeness (QED) is 0.437. The Morgan fingerprint density at radius 3 is 2.59 bits per heavy atom. The molecule has 0 radical (unpaired) electrons. The molecule has 7 heteroatoms. The summed E-state index contributed by atoms with van der Waals surface area (Å²) in [7, 11) is 3.42. The number of guanidine groups is 1. The summed E-state index contributed by atoms with van der Waals surface area (Å²) in [5.74, 6) is 2.18. The van der Waals surface area contributed by atoms with Crippen molar-refractivity contribution in [2.75, 3.05) is 27.2 Å². The molecule has 0 bridgehead atoms. The van der Waals surface area contributed by atoms with Gasteiger partial charge in [-0.05, 0) is 57.0 Å². The van der Waals surface area contributed by atoms with Crippen LogP contribution in [0.4, 0.5) is 0 Å². The molecule has 2 aromatic rings. The topological polar surface area (TPSA) is 75.2 Å². The Bertz CT molecular complexity index is 910. The average molecular weight is 441 g/mol. The van der Waals surface area contributed by atoms with Crippen LogP contribution in [-0.2, 0) is 17.9 Å². The normalized spacial score (nSPS) is 11.3. The highest BCUT2D eigenvalue weighted by Gasteiger charge is 2.08. The Balaban J connectivity index is 2.03. The molecule has 0 saturated heterocycles. The van der Waals surface area contributed by atoms with Gasteiger partial charge < -0.3 is 25.0 Å². The molecule has 174 valence electrons. The number of nitrogens with one attached hydrogen (secondary N) is 2. The first kappa shape index (κ1) is 25.0. The van der Waals surface area contributed by atoms with Gasteiger partial charge in [0, 0.05) is 32.7 Å². The second-order valence-electron chi connectivity index (χ2n) is 8.05.